The molecule has 0 atom stereocenters. The maximum atomic E-state index is 12.5. The highest BCUT2D eigenvalue weighted by Crippen LogP contribution is 2.31. The van der Waals surface area contributed by atoms with E-state index in [1.165, 1.54) is 6.42 Å². The van der Waals surface area contributed by atoms with Crippen LogP contribution in [0.2, 0.25) is 0 Å². The van der Waals surface area contributed by atoms with E-state index in [0.29, 0.717) is 9.37 Å². The fourth-order valence-corrected chi connectivity index (χ4v) is 5.30. The van der Waals surface area contributed by atoms with Gasteiger partial charge in [-0.3, -0.25) is 0 Å². The summed E-state index contributed by atoms with van der Waals surface area (Å²) in [6.07, 6.45) is 5.21. The molecule has 0 unspecified atom stereocenters. The molecule has 0 aliphatic heterocycles. The number of sulfonamides is 1. The molecule has 1 aliphatic carbocycles. The van der Waals surface area contributed by atoms with Crippen LogP contribution in [-0.2, 0) is 10.0 Å². The van der Waals surface area contributed by atoms with Gasteiger partial charge in [0.25, 0.3) is 0 Å². The summed E-state index contributed by atoms with van der Waals surface area (Å²) in [5.74, 6) is 0. The van der Waals surface area contributed by atoms with E-state index in [1.807, 2.05) is 26.0 Å². The maximum absolute atomic E-state index is 12.5. The van der Waals surface area contributed by atoms with E-state index in [1.54, 1.807) is 6.07 Å². The molecule has 0 radical (unpaired) electrons. The molecule has 1 aliphatic rings. The number of hydrogen-bond donors (Lipinski definition) is 1. The van der Waals surface area contributed by atoms with Gasteiger partial charge in [-0.25, -0.2) is 13.1 Å². The van der Waals surface area contributed by atoms with Gasteiger partial charge in [0.1, 0.15) is 0 Å². The number of halogens is 1. The molecule has 0 bridgehead atoms. The van der Waals surface area contributed by atoms with Gasteiger partial charge in [-0.1, -0.05) is 25.3 Å². The third-order valence-electron chi connectivity index (χ3n) is 3.71. The average Bonchev–Trinajstić information content (AvgIpc) is 2.27. The van der Waals surface area contributed by atoms with Crippen molar-refractivity contribution in [3.63, 3.8) is 0 Å². The Kier molecular flexibility index (Phi) is 4.38. The molecular weight excluding hydrogens is 326 g/mol. The Morgan fingerprint density at radius 3 is 2.42 bits per heavy atom. The largest absolute Gasteiger partial charge is 0.242 e. The Morgan fingerprint density at radius 1 is 1.21 bits per heavy atom. The van der Waals surface area contributed by atoms with E-state index < -0.39 is 10.0 Å². The summed E-state index contributed by atoms with van der Waals surface area (Å²) in [6.45, 7) is 3.95. The molecule has 1 fully saturated rings. The second-order valence-electron chi connectivity index (χ2n) is 5.66. The minimum Gasteiger partial charge on any atom is -0.207 e. The molecule has 0 saturated heterocycles. The van der Waals surface area contributed by atoms with Gasteiger partial charge in [0.15, 0.2) is 0 Å². The van der Waals surface area contributed by atoms with Crippen LogP contribution in [0.5, 0.6) is 0 Å². The molecule has 0 heterocycles. The Labute approximate surface area is 124 Å². The Morgan fingerprint density at radius 2 is 1.84 bits per heavy atom. The fourth-order valence-electron chi connectivity index (χ4n) is 2.64. The number of hydrogen-bond acceptors (Lipinski definition) is 2. The highest BCUT2D eigenvalue weighted by Gasteiger charge is 2.32. The van der Waals surface area contributed by atoms with Gasteiger partial charge in [-0.05, 0) is 60.3 Å². The molecule has 106 valence electrons. The van der Waals surface area contributed by atoms with Crippen LogP contribution in [0.15, 0.2) is 27.6 Å². The number of nitrogens with one attached hydrogen (secondary N) is 1. The van der Waals surface area contributed by atoms with Crippen molar-refractivity contribution in [2.45, 2.75) is 56.4 Å². The predicted molar refractivity (Wildman–Crippen MR) is 80.7 cm³/mol. The second kappa shape index (κ2) is 5.54. The molecule has 2 rings (SSSR count). The lowest BCUT2D eigenvalue weighted by Gasteiger charge is -2.34. The van der Waals surface area contributed by atoms with Crippen molar-refractivity contribution >= 4 is 26.0 Å². The maximum Gasteiger partial charge on any atom is 0.242 e. The van der Waals surface area contributed by atoms with E-state index in [2.05, 4.69) is 20.7 Å². The number of aryl methyl sites for hydroxylation is 1. The van der Waals surface area contributed by atoms with Crippen LogP contribution in [0.1, 0.15) is 44.6 Å². The highest BCUT2D eigenvalue weighted by atomic mass is 79.9. The molecule has 1 aromatic carbocycles. The molecule has 5 heteroatoms. The third kappa shape index (κ3) is 3.58. The lowest BCUT2D eigenvalue weighted by Crippen LogP contribution is -2.47. The van der Waals surface area contributed by atoms with Crippen molar-refractivity contribution in [1.29, 1.82) is 0 Å². The first-order valence-corrected chi connectivity index (χ1v) is 8.90. The van der Waals surface area contributed by atoms with Crippen LogP contribution in [0, 0.1) is 6.92 Å². The first kappa shape index (κ1) is 15.0. The lowest BCUT2D eigenvalue weighted by atomic mass is 9.84. The van der Waals surface area contributed by atoms with Gasteiger partial charge in [0.2, 0.25) is 10.0 Å². The number of benzene rings is 1. The van der Waals surface area contributed by atoms with Gasteiger partial charge in [0.05, 0.1) is 4.90 Å². The summed E-state index contributed by atoms with van der Waals surface area (Å²) in [7, 11) is -3.46. The van der Waals surface area contributed by atoms with Gasteiger partial charge < -0.3 is 0 Å². The Hall–Kier alpha value is -0.390. The first-order chi connectivity index (χ1) is 8.82. The minimum atomic E-state index is -3.46. The summed E-state index contributed by atoms with van der Waals surface area (Å²) in [6, 6.07) is 5.31. The lowest BCUT2D eigenvalue weighted by molar-refractivity contribution is 0.294. The van der Waals surface area contributed by atoms with Crippen LogP contribution < -0.4 is 4.72 Å². The van der Waals surface area contributed by atoms with Crippen LogP contribution in [0.4, 0.5) is 0 Å². The summed E-state index contributed by atoms with van der Waals surface area (Å²) < 4.78 is 28.5. The van der Waals surface area contributed by atoms with Crippen LogP contribution in [0.25, 0.3) is 0 Å². The average molecular weight is 346 g/mol. The van der Waals surface area contributed by atoms with Crippen molar-refractivity contribution in [3.05, 3.63) is 28.2 Å². The first-order valence-electron chi connectivity index (χ1n) is 6.63. The van der Waals surface area contributed by atoms with Gasteiger partial charge in [0, 0.05) is 10.0 Å². The quantitative estimate of drug-likeness (QED) is 0.906. The van der Waals surface area contributed by atoms with E-state index in [4.69, 9.17) is 0 Å². The predicted octanol–water partition coefficient (Wildman–Crippen LogP) is 3.76. The standard InChI is InChI=1S/C14H20BrNO2S/c1-11-6-7-13(12(15)10-11)19(17,18)16-14(2)8-4-3-5-9-14/h6-7,10,16H,3-5,8-9H2,1-2H3. The molecule has 0 spiro atoms. The fraction of sp³-hybridized carbons (Fsp3) is 0.571. The Balaban J connectivity index is 2.27. The molecule has 1 saturated carbocycles. The van der Waals surface area contributed by atoms with Gasteiger partial charge >= 0.3 is 0 Å². The topological polar surface area (TPSA) is 46.2 Å². The van der Waals surface area contributed by atoms with Crippen LogP contribution >= 0.6 is 15.9 Å². The van der Waals surface area contributed by atoms with E-state index >= 15 is 0 Å². The molecule has 0 amide bonds. The molecular formula is C14H20BrNO2S. The third-order valence-corrected chi connectivity index (χ3v) is 6.33. The van der Waals surface area contributed by atoms with Crippen LogP contribution in [-0.4, -0.2) is 14.0 Å². The zero-order valence-corrected chi connectivity index (χ0v) is 13.8. The highest BCUT2D eigenvalue weighted by molar-refractivity contribution is 9.10. The molecule has 0 aromatic heterocycles. The summed E-state index contributed by atoms with van der Waals surface area (Å²) in [5, 5.41) is 0. The van der Waals surface area contributed by atoms with Crippen molar-refractivity contribution < 1.29 is 8.42 Å². The summed E-state index contributed by atoms with van der Waals surface area (Å²) in [4.78, 5) is 0.324. The second-order valence-corrected chi connectivity index (χ2v) is 8.17. The zero-order valence-electron chi connectivity index (χ0n) is 11.4. The van der Waals surface area contributed by atoms with E-state index in [0.717, 1.165) is 31.2 Å². The van der Waals surface area contributed by atoms with Crippen molar-refractivity contribution in [3.8, 4) is 0 Å². The van der Waals surface area contributed by atoms with Crippen molar-refractivity contribution in [1.82, 2.24) is 4.72 Å². The summed E-state index contributed by atoms with van der Waals surface area (Å²) in [5.41, 5.74) is 0.733. The van der Waals surface area contributed by atoms with Crippen molar-refractivity contribution in [2.75, 3.05) is 0 Å². The monoisotopic (exact) mass is 345 g/mol. The molecule has 1 aromatic rings. The molecule has 1 N–H and O–H groups in total. The van der Waals surface area contributed by atoms with Gasteiger partial charge in [-0.15, -0.1) is 0 Å². The normalized spacial score (nSPS) is 19.3. The molecule has 3 nitrogen and oxygen atoms in total. The van der Waals surface area contributed by atoms with Gasteiger partial charge in [-0.2, -0.15) is 0 Å². The SMILES string of the molecule is Cc1ccc(S(=O)(=O)NC2(C)CCCCC2)c(Br)c1. The van der Waals surface area contributed by atoms with E-state index in [-0.39, 0.29) is 5.54 Å². The van der Waals surface area contributed by atoms with E-state index in [9.17, 15) is 8.42 Å². The number of rotatable bonds is 3. The van der Waals surface area contributed by atoms with Crippen molar-refractivity contribution in [2.24, 2.45) is 0 Å². The Bertz CT molecular complexity index is 563. The van der Waals surface area contributed by atoms with Crippen LogP contribution in [0.3, 0.4) is 0 Å². The molecule has 19 heavy (non-hydrogen) atoms. The summed E-state index contributed by atoms with van der Waals surface area (Å²) >= 11 is 3.35. The zero-order chi connectivity index (χ0) is 14.1. The smallest absolute Gasteiger partial charge is 0.207 e. The minimum absolute atomic E-state index is 0.304.